The number of rotatable bonds is 6. The zero-order chi connectivity index (χ0) is 13.9. The molecule has 1 saturated carbocycles. The van der Waals surface area contributed by atoms with Gasteiger partial charge in [0.15, 0.2) is 0 Å². The molecule has 1 N–H and O–H groups in total. The third kappa shape index (κ3) is 3.23. The largest absolute Gasteiger partial charge is 0.377 e. The summed E-state index contributed by atoms with van der Waals surface area (Å²) in [6.07, 6.45) is 3.35. The first-order chi connectivity index (χ1) is 9.06. The van der Waals surface area contributed by atoms with Crippen molar-refractivity contribution in [3.63, 3.8) is 0 Å². The maximum atomic E-state index is 10.6. The van der Waals surface area contributed by atoms with Gasteiger partial charge in [-0.1, -0.05) is 11.6 Å². The fraction of sp³-hybridized carbons (Fsp3) is 0.538. The molecule has 0 atom stereocenters. The lowest BCUT2D eigenvalue weighted by atomic mass is 9.80. The summed E-state index contributed by atoms with van der Waals surface area (Å²) in [4.78, 5) is 10.2. The molecule has 104 valence electrons. The molecule has 1 aliphatic rings. The highest BCUT2D eigenvalue weighted by molar-refractivity contribution is 6.31. The molecule has 1 aromatic rings. The Morgan fingerprint density at radius 2 is 2.26 bits per heavy atom. The van der Waals surface area contributed by atoms with Crippen LogP contribution in [0.15, 0.2) is 18.2 Å². The number of halogens is 1. The predicted molar refractivity (Wildman–Crippen MR) is 73.4 cm³/mol. The van der Waals surface area contributed by atoms with E-state index in [-0.39, 0.29) is 11.3 Å². The van der Waals surface area contributed by atoms with Crippen LogP contribution in [0.2, 0.25) is 5.02 Å². The molecule has 0 amide bonds. The molecule has 5 nitrogen and oxygen atoms in total. The Hall–Kier alpha value is -1.17. The smallest absolute Gasteiger partial charge is 0.270 e. The van der Waals surface area contributed by atoms with Crippen LogP contribution in [-0.2, 0) is 11.3 Å². The molecule has 0 heterocycles. The number of benzene rings is 1. The summed E-state index contributed by atoms with van der Waals surface area (Å²) in [6, 6.07) is 4.54. The van der Waals surface area contributed by atoms with Crippen molar-refractivity contribution in [3.05, 3.63) is 38.9 Å². The van der Waals surface area contributed by atoms with Crippen molar-refractivity contribution in [2.24, 2.45) is 0 Å². The Bertz CT molecular complexity index is 469. The van der Waals surface area contributed by atoms with E-state index in [2.05, 4.69) is 5.32 Å². The van der Waals surface area contributed by atoms with Crippen molar-refractivity contribution in [1.29, 1.82) is 0 Å². The van der Waals surface area contributed by atoms with Gasteiger partial charge in [0.05, 0.1) is 15.5 Å². The zero-order valence-electron chi connectivity index (χ0n) is 10.8. The molecular formula is C13H17ClN2O3. The maximum Gasteiger partial charge on any atom is 0.270 e. The molecule has 2 rings (SSSR count). The van der Waals surface area contributed by atoms with E-state index in [0.29, 0.717) is 11.6 Å². The van der Waals surface area contributed by atoms with E-state index in [1.165, 1.54) is 18.6 Å². The number of nitrogens with zero attached hydrogens (tertiary/aromatic N) is 1. The number of nitro groups is 1. The highest BCUT2D eigenvalue weighted by atomic mass is 35.5. The van der Waals surface area contributed by atoms with Gasteiger partial charge in [0.25, 0.3) is 5.69 Å². The quantitative estimate of drug-likeness (QED) is 0.644. The molecule has 0 radical (unpaired) electrons. The van der Waals surface area contributed by atoms with Gasteiger partial charge in [-0.2, -0.15) is 0 Å². The normalized spacial score (nSPS) is 16.9. The average molecular weight is 285 g/mol. The fourth-order valence-electron chi connectivity index (χ4n) is 2.24. The molecule has 0 bridgehead atoms. The summed E-state index contributed by atoms with van der Waals surface area (Å²) >= 11 is 6.03. The van der Waals surface area contributed by atoms with E-state index in [4.69, 9.17) is 16.3 Å². The molecule has 1 fully saturated rings. The second kappa shape index (κ2) is 5.86. The van der Waals surface area contributed by atoms with Crippen LogP contribution in [0.5, 0.6) is 0 Å². The van der Waals surface area contributed by atoms with Crippen molar-refractivity contribution in [2.45, 2.75) is 31.4 Å². The Kier molecular flexibility index (Phi) is 4.39. The first-order valence-corrected chi connectivity index (χ1v) is 6.63. The summed E-state index contributed by atoms with van der Waals surface area (Å²) in [6.45, 7) is 1.36. The molecule has 0 aliphatic heterocycles. The van der Waals surface area contributed by atoms with Gasteiger partial charge >= 0.3 is 0 Å². The van der Waals surface area contributed by atoms with Gasteiger partial charge in [-0.15, -0.1) is 0 Å². The average Bonchev–Trinajstić information content (AvgIpc) is 2.34. The van der Waals surface area contributed by atoms with Gasteiger partial charge < -0.3 is 10.1 Å². The highest BCUT2D eigenvalue weighted by Gasteiger charge is 2.36. The SMILES string of the molecule is COC1(CNCc2ccc([N+](=O)[O-])cc2Cl)CCC1. The summed E-state index contributed by atoms with van der Waals surface area (Å²) in [5.41, 5.74) is 0.840. The van der Waals surface area contributed by atoms with E-state index < -0.39 is 4.92 Å². The molecule has 1 aliphatic carbocycles. The van der Waals surface area contributed by atoms with Crippen LogP contribution < -0.4 is 5.32 Å². The van der Waals surface area contributed by atoms with Crippen molar-refractivity contribution >= 4 is 17.3 Å². The molecule has 19 heavy (non-hydrogen) atoms. The monoisotopic (exact) mass is 284 g/mol. The molecule has 1 aromatic carbocycles. The molecule has 6 heteroatoms. The van der Waals surface area contributed by atoms with Crippen LogP contribution in [-0.4, -0.2) is 24.2 Å². The molecule has 0 aromatic heterocycles. The Balaban J connectivity index is 1.91. The molecule has 0 saturated heterocycles. The summed E-state index contributed by atoms with van der Waals surface area (Å²) in [5.74, 6) is 0. The number of nitro benzene ring substituents is 1. The van der Waals surface area contributed by atoms with Gasteiger partial charge in [0.2, 0.25) is 0 Å². The predicted octanol–water partition coefficient (Wildman–Crippen LogP) is 2.91. The second-order valence-corrected chi connectivity index (χ2v) is 5.28. The standard InChI is InChI=1S/C13H17ClN2O3/c1-19-13(5-2-6-13)9-15-8-10-3-4-11(16(17)18)7-12(10)14/h3-4,7,15H,2,5-6,8-9H2,1H3. The number of methoxy groups -OCH3 is 1. The first kappa shape index (κ1) is 14.2. The van der Waals surface area contributed by atoms with Crippen molar-refractivity contribution in [2.75, 3.05) is 13.7 Å². The molecule has 0 spiro atoms. The van der Waals surface area contributed by atoms with Crippen LogP contribution >= 0.6 is 11.6 Å². The second-order valence-electron chi connectivity index (χ2n) is 4.88. The van der Waals surface area contributed by atoms with Gasteiger partial charge in [0, 0.05) is 32.3 Å². The van der Waals surface area contributed by atoms with Gasteiger partial charge in [-0.3, -0.25) is 10.1 Å². The Morgan fingerprint density at radius 1 is 1.53 bits per heavy atom. The van der Waals surface area contributed by atoms with E-state index in [0.717, 1.165) is 24.9 Å². The minimum atomic E-state index is -0.447. The minimum Gasteiger partial charge on any atom is -0.377 e. The van der Waals surface area contributed by atoms with Crippen molar-refractivity contribution in [3.8, 4) is 0 Å². The Morgan fingerprint density at radius 3 is 2.74 bits per heavy atom. The fourth-order valence-corrected chi connectivity index (χ4v) is 2.48. The summed E-state index contributed by atoms with van der Waals surface area (Å²) in [5, 5.41) is 14.3. The van der Waals surface area contributed by atoms with E-state index in [1.807, 2.05) is 0 Å². The van der Waals surface area contributed by atoms with E-state index >= 15 is 0 Å². The molecule has 0 unspecified atom stereocenters. The van der Waals surface area contributed by atoms with Gasteiger partial charge in [-0.25, -0.2) is 0 Å². The molecular weight excluding hydrogens is 268 g/mol. The third-order valence-electron chi connectivity index (χ3n) is 3.71. The van der Waals surface area contributed by atoms with E-state index in [1.54, 1.807) is 13.2 Å². The Labute approximate surface area is 117 Å². The lowest BCUT2D eigenvalue weighted by molar-refractivity contribution is -0.384. The number of hydrogen-bond donors (Lipinski definition) is 1. The van der Waals surface area contributed by atoms with Crippen molar-refractivity contribution < 1.29 is 9.66 Å². The third-order valence-corrected chi connectivity index (χ3v) is 4.06. The zero-order valence-corrected chi connectivity index (χ0v) is 11.6. The maximum absolute atomic E-state index is 10.6. The van der Waals surface area contributed by atoms with Crippen LogP contribution in [0, 0.1) is 10.1 Å². The van der Waals surface area contributed by atoms with Crippen LogP contribution in [0.4, 0.5) is 5.69 Å². The first-order valence-electron chi connectivity index (χ1n) is 6.25. The highest BCUT2D eigenvalue weighted by Crippen LogP contribution is 2.34. The van der Waals surface area contributed by atoms with Gasteiger partial charge in [-0.05, 0) is 30.9 Å². The lowest BCUT2D eigenvalue weighted by Crippen LogP contribution is -2.47. The number of nitrogens with one attached hydrogen (secondary N) is 1. The van der Waals surface area contributed by atoms with Gasteiger partial charge in [0.1, 0.15) is 0 Å². The lowest BCUT2D eigenvalue weighted by Gasteiger charge is -2.40. The number of hydrogen-bond acceptors (Lipinski definition) is 4. The van der Waals surface area contributed by atoms with Crippen molar-refractivity contribution in [1.82, 2.24) is 5.32 Å². The topological polar surface area (TPSA) is 64.4 Å². The van der Waals surface area contributed by atoms with Crippen LogP contribution in [0.1, 0.15) is 24.8 Å². The summed E-state index contributed by atoms with van der Waals surface area (Å²) in [7, 11) is 1.74. The van der Waals surface area contributed by atoms with Crippen LogP contribution in [0.25, 0.3) is 0 Å². The van der Waals surface area contributed by atoms with E-state index in [9.17, 15) is 10.1 Å². The summed E-state index contributed by atoms with van der Waals surface area (Å²) < 4.78 is 5.51. The number of ether oxygens (including phenoxy) is 1. The number of non-ortho nitro benzene ring substituents is 1. The minimum absolute atomic E-state index is 0.0149. The van der Waals surface area contributed by atoms with Crippen LogP contribution in [0.3, 0.4) is 0 Å².